The first-order chi connectivity index (χ1) is 15.0. The molecule has 1 saturated heterocycles. The molecule has 9 heteroatoms. The van der Waals surface area contributed by atoms with Crippen molar-refractivity contribution in [3.63, 3.8) is 0 Å². The van der Waals surface area contributed by atoms with E-state index in [-0.39, 0.29) is 30.6 Å². The minimum atomic E-state index is -0.246. The van der Waals surface area contributed by atoms with Crippen molar-refractivity contribution in [1.82, 2.24) is 21.4 Å². The van der Waals surface area contributed by atoms with Gasteiger partial charge >= 0.3 is 0 Å². The topological polar surface area (TPSA) is 83.7 Å². The van der Waals surface area contributed by atoms with Gasteiger partial charge in [0.25, 0.3) is 5.91 Å². The average molecular weight is 463 g/mol. The number of ether oxygens (including phenoxy) is 1. The molecule has 2 aromatic rings. The summed E-state index contributed by atoms with van der Waals surface area (Å²) in [5.74, 6) is 1.07. The number of carbonyl (C=O) groups is 1. The number of hydrogen-bond acceptors (Lipinski definition) is 6. The normalized spacial score (nSPS) is 31.3. The van der Waals surface area contributed by atoms with Gasteiger partial charge in [0.1, 0.15) is 12.0 Å². The zero-order valence-electron chi connectivity index (χ0n) is 16.7. The lowest BCUT2D eigenvalue weighted by Crippen LogP contribution is -2.53. The standard InChI is InChI=1S/C22H24Cl2N4O3/c23-15-3-1-13(2-4-15)20-26-21(28-31-20)25-18-11-22(9-14(18)10-22)27-19(29)12-30-17-7-5-16(24)6-8-17/h1-8,14,18,20-21,25-26,28H,9-12H2,(H,27,29)/t14?,18-,20?,21?,22?/m0/s1. The van der Waals surface area contributed by atoms with Crippen LogP contribution in [-0.4, -0.2) is 30.4 Å². The Morgan fingerprint density at radius 3 is 2.45 bits per heavy atom. The number of fused-ring (bicyclic) bond motifs is 1. The van der Waals surface area contributed by atoms with Crippen molar-refractivity contribution in [2.75, 3.05) is 6.61 Å². The summed E-state index contributed by atoms with van der Waals surface area (Å²) in [5.41, 5.74) is 3.87. The van der Waals surface area contributed by atoms with Gasteiger partial charge in [0.2, 0.25) is 0 Å². The number of hydrogen-bond donors (Lipinski definition) is 4. The van der Waals surface area contributed by atoms with Gasteiger partial charge in [0.15, 0.2) is 12.8 Å². The maximum atomic E-state index is 12.4. The second-order valence-corrected chi connectivity index (χ2v) is 9.36. The van der Waals surface area contributed by atoms with Crippen molar-refractivity contribution >= 4 is 29.1 Å². The molecule has 1 aliphatic heterocycles. The molecule has 3 aliphatic carbocycles. The van der Waals surface area contributed by atoms with Crippen LogP contribution in [0.15, 0.2) is 48.5 Å². The van der Waals surface area contributed by atoms with Crippen molar-refractivity contribution in [2.24, 2.45) is 5.92 Å². The van der Waals surface area contributed by atoms with E-state index in [1.54, 1.807) is 24.3 Å². The molecule has 3 atom stereocenters. The summed E-state index contributed by atoms with van der Waals surface area (Å²) in [7, 11) is 0. The van der Waals surface area contributed by atoms with Crippen molar-refractivity contribution in [1.29, 1.82) is 0 Å². The van der Waals surface area contributed by atoms with Gasteiger partial charge in [-0.05, 0) is 67.1 Å². The number of benzene rings is 2. The lowest BCUT2D eigenvalue weighted by Gasteiger charge is -2.39. The Morgan fingerprint density at radius 2 is 1.74 bits per heavy atom. The minimum absolute atomic E-state index is 0.00546. The number of hydroxylamine groups is 1. The summed E-state index contributed by atoms with van der Waals surface area (Å²) < 4.78 is 5.56. The van der Waals surface area contributed by atoms with Crippen LogP contribution in [-0.2, 0) is 9.63 Å². The molecule has 4 N–H and O–H groups in total. The molecule has 4 fully saturated rings. The summed E-state index contributed by atoms with van der Waals surface area (Å²) in [4.78, 5) is 18.1. The van der Waals surface area contributed by atoms with Crippen LogP contribution in [0.25, 0.3) is 0 Å². The molecule has 1 amide bonds. The van der Waals surface area contributed by atoms with Crippen LogP contribution in [0.3, 0.4) is 0 Å². The van der Waals surface area contributed by atoms with Crippen LogP contribution in [0.1, 0.15) is 31.1 Å². The fourth-order valence-corrected chi connectivity index (χ4v) is 5.05. The molecule has 164 valence electrons. The van der Waals surface area contributed by atoms with Gasteiger partial charge in [0.05, 0.1) is 0 Å². The van der Waals surface area contributed by atoms with E-state index in [4.69, 9.17) is 32.8 Å². The Hall–Kier alpha value is -1.87. The highest BCUT2D eigenvalue weighted by atomic mass is 35.5. The van der Waals surface area contributed by atoms with Crippen LogP contribution in [0.2, 0.25) is 10.0 Å². The minimum Gasteiger partial charge on any atom is -0.484 e. The molecule has 2 unspecified atom stereocenters. The van der Waals surface area contributed by atoms with Crippen LogP contribution < -0.4 is 26.2 Å². The Bertz CT molecular complexity index is 935. The molecule has 0 radical (unpaired) electrons. The number of halogens is 2. The number of rotatable bonds is 7. The number of carbonyl (C=O) groups excluding carboxylic acids is 1. The smallest absolute Gasteiger partial charge is 0.258 e. The van der Waals surface area contributed by atoms with Crippen LogP contribution in [0.4, 0.5) is 0 Å². The summed E-state index contributed by atoms with van der Waals surface area (Å²) in [6.07, 6.45) is 2.43. The highest BCUT2D eigenvalue weighted by Gasteiger charge is 2.57. The van der Waals surface area contributed by atoms with E-state index in [2.05, 4.69) is 21.4 Å². The molecule has 3 saturated carbocycles. The van der Waals surface area contributed by atoms with Crippen LogP contribution >= 0.6 is 23.2 Å². The first-order valence-corrected chi connectivity index (χ1v) is 11.1. The van der Waals surface area contributed by atoms with Crippen molar-refractivity contribution in [3.05, 3.63) is 64.1 Å². The van der Waals surface area contributed by atoms with E-state index in [1.807, 2.05) is 24.3 Å². The Balaban J connectivity index is 1.08. The van der Waals surface area contributed by atoms with Gasteiger partial charge in [-0.1, -0.05) is 35.3 Å². The number of nitrogens with one attached hydrogen (secondary N) is 4. The van der Waals surface area contributed by atoms with Gasteiger partial charge in [-0.3, -0.25) is 20.3 Å². The van der Waals surface area contributed by atoms with E-state index < -0.39 is 0 Å². The zero-order chi connectivity index (χ0) is 21.4. The zero-order valence-corrected chi connectivity index (χ0v) is 18.2. The molecule has 4 aliphatic rings. The first kappa shape index (κ1) is 21.0. The Labute approximate surface area is 190 Å². The maximum Gasteiger partial charge on any atom is 0.258 e. The lowest BCUT2D eigenvalue weighted by atomic mass is 9.76. The second-order valence-electron chi connectivity index (χ2n) is 8.48. The molecule has 0 spiro atoms. The average Bonchev–Trinajstić information content (AvgIpc) is 3.42. The maximum absolute atomic E-state index is 12.4. The predicted octanol–water partition coefficient (Wildman–Crippen LogP) is 3.11. The van der Waals surface area contributed by atoms with Gasteiger partial charge in [-0.15, -0.1) is 0 Å². The van der Waals surface area contributed by atoms with Gasteiger partial charge < -0.3 is 10.1 Å². The fourth-order valence-electron chi connectivity index (χ4n) is 4.80. The summed E-state index contributed by atoms with van der Waals surface area (Å²) in [6.45, 7) is -0.00546. The van der Waals surface area contributed by atoms with E-state index >= 15 is 0 Å². The third kappa shape index (κ3) is 4.67. The van der Waals surface area contributed by atoms with Crippen molar-refractivity contribution in [3.8, 4) is 5.75 Å². The quantitative estimate of drug-likeness (QED) is 0.505. The van der Waals surface area contributed by atoms with Gasteiger partial charge in [-0.25, -0.2) is 0 Å². The Kier molecular flexibility index (Phi) is 5.81. The first-order valence-electron chi connectivity index (χ1n) is 10.4. The largest absolute Gasteiger partial charge is 0.484 e. The van der Waals surface area contributed by atoms with Crippen LogP contribution in [0.5, 0.6) is 5.75 Å². The third-order valence-electron chi connectivity index (χ3n) is 6.25. The summed E-state index contributed by atoms with van der Waals surface area (Å²) in [6, 6.07) is 14.9. The Morgan fingerprint density at radius 1 is 1.06 bits per heavy atom. The molecular weight excluding hydrogens is 439 g/mol. The highest BCUT2D eigenvalue weighted by Crippen LogP contribution is 2.52. The lowest BCUT2D eigenvalue weighted by molar-refractivity contribution is -0.125. The highest BCUT2D eigenvalue weighted by molar-refractivity contribution is 6.30. The predicted molar refractivity (Wildman–Crippen MR) is 117 cm³/mol. The molecule has 1 heterocycles. The van der Waals surface area contributed by atoms with E-state index in [0.717, 1.165) is 24.8 Å². The van der Waals surface area contributed by atoms with Gasteiger partial charge in [0, 0.05) is 21.6 Å². The van der Waals surface area contributed by atoms with E-state index in [9.17, 15) is 4.79 Å². The van der Waals surface area contributed by atoms with E-state index in [1.165, 1.54) is 0 Å². The molecular formula is C22H24Cl2N4O3. The van der Waals surface area contributed by atoms with E-state index in [0.29, 0.717) is 27.8 Å². The molecule has 31 heavy (non-hydrogen) atoms. The van der Waals surface area contributed by atoms with Crippen molar-refractivity contribution in [2.45, 2.75) is 43.4 Å². The molecule has 2 bridgehead atoms. The van der Waals surface area contributed by atoms with Gasteiger partial charge in [-0.2, -0.15) is 5.48 Å². The molecule has 0 aromatic heterocycles. The number of amides is 1. The summed E-state index contributed by atoms with van der Waals surface area (Å²) >= 11 is 11.8. The fraction of sp³-hybridized carbons (Fsp3) is 0.409. The van der Waals surface area contributed by atoms with Crippen molar-refractivity contribution < 1.29 is 14.4 Å². The third-order valence-corrected chi connectivity index (χ3v) is 6.75. The monoisotopic (exact) mass is 462 g/mol. The SMILES string of the molecule is O=C(COc1ccc(Cl)cc1)NC12CC(C1)[C@@H](NC1NOC(c3ccc(Cl)cc3)N1)C2. The van der Waals surface area contributed by atoms with Crippen LogP contribution in [0, 0.1) is 5.92 Å². The molecule has 7 nitrogen and oxygen atoms in total. The second kappa shape index (κ2) is 8.58. The molecule has 2 aromatic carbocycles. The molecule has 6 rings (SSSR count). The summed E-state index contributed by atoms with van der Waals surface area (Å²) in [5, 5.41) is 11.5.